The van der Waals surface area contributed by atoms with Crippen molar-refractivity contribution in [1.29, 1.82) is 0 Å². The first kappa shape index (κ1) is 50.2. The second-order valence-electron chi connectivity index (χ2n) is 14.2. The highest BCUT2D eigenvalue weighted by atomic mass is 16.7. The molecule has 1 aromatic rings. The zero-order valence-corrected chi connectivity index (χ0v) is 35.4. The van der Waals surface area contributed by atoms with Crippen molar-refractivity contribution in [3.05, 3.63) is 29.3 Å². The summed E-state index contributed by atoms with van der Waals surface area (Å²) in [6, 6.07) is 3.53. The number of fused-ring (bicyclic) bond motifs is 1. The maximum atomic E-state index is 13.2. The molecule has 2 atom stereocenters. The van der Waals surface area contributed by atoms with Crippen LogP contribution in [0.4, 0.5) is 5.69 Å². The van der Waals surface area contributed by atoms with Crippen molar-refractivity contribution < 1.29 is 76.1 Å². The Morgan fingerprint density at radius 3 is 1.66 bits per heavy atom. The number of nitrogens with zero attached hydrogens (tertiary/aromatic N) is 1. The van der Waals surface area contributed by atoms with Gasteiger partial charge in [-0.05, 0) is 50.7 Å². The van der Waals surface area contributed by atoms with Gasteiger partial charge in [-0.15, -0.1) is 0 Å². The highest BCUT2D eigenvalue weighted by Gasteiger charge is 2.45. The van der Waals surface area contributed by atoms with Crippen LogP contribution in [-0.4, -0.2) is 179 Å². The van der Waals surface area contributed by atoms with Gasteiger partial charge in [-0.2, -0.15) is 0 Å². The van der Waals surface area contributed by atoms with E-state index in [-0.39, 0.29) is 48.3 Å². The van der Waals surface area contributed by atoms with Crippen LogP contribution in [0.2, 0.25) is 0 Å². The smallest absolute Gasteiger partial charge is 0.264 e. The summed E-state index contributed by atoms with van der Waals surface area (Å²) in [4.78, 5) is 63.6. The minimum Gasteiger partial charge on any atom is -0.379 e. The van der Waals surface area contributed by atoms with E-state index < -0.39 is 29.7 Å². The van der Waals surface area contributed by atoms with Gasteiger partial charge in [0.05, 0.1) is 136 Å². The summed E-state index contributed by atoms with van der Waals surface area (Å²) in [7, 11) is 0. The molecule has 0 radical (unpaired) electrons. The molecule has 0 aromatic heterocycles. The summed E-state index contributed by atoms with van der Waals surface area (Å²) in [5.41, 5.74) is 0.382. The van der Waals surface area contributed by atoms with Gasteiger partial charge >= 0.3 is 0 Å². The molecule has 0 saturated carbocycles. The third-order valence-corrected chi connectivity index (χ3v) is 9.58. The summed E-state index contributed by atoms with van der Waals surface area (Å²) < 4.78 is 60.7. The van der Waals surface area contributed by atoms with Gasteiger partial charge in [0.25, 0.3) is 11.8 Å². The van der Waals surface area contributed by atoms with Crippen molar-refractivity contribution in [3.63, 3.8) is 0 Å². The van der Waals surface area contributed by atoms with Crippen molar-refractivity contribution in [1.82, 2.24) is 10.2 Å². The Balaban J connectivity index is 0.824. The molecule has 2 fully saturated rings. The van der Waals surface area contributed by atoms with E-state index in [9.17, 15) is 24.0 Å². The fraction of sp³-hybridized carbons (Fsp3) is 0.738. The minimum absolute atomic E-state index is 0.0281. The Bertz CT molecular complexity index is 1440. The maximum Gasteiger partial charge on any atom is 0.264 e. The number of anilines is 1. The van der Waals surface area contributed by atoms with E-state index in [0.29, 0.717) is 132 Å². The van der Waals surface area contributed by atoms with Crippen molar-refractivity contribution >= 4 is 35.2 Å². The first-order valence-corrected chi connectivity index (χ1v) is 21.5. The van der Waals surface area contributed by atoms with Gasteiger partial charge in [-0.3, -0.25) is 34.2 Å². The van der Waals surface area contributed by atoms with Crippen molar-refractivity contribution in [2.45, 2.75) is 70.1 Å². The highest BCUT2D eigenvalue weighted by Crippen LogP contribution is 2.32. The molecular weight excluding hydrogens is 802 g/mol. The number of hydrogen-bond donors (Lipinski definition) is 2. The SMILES string of the molecule is O=C1CCC(N2C(=O)c3cccc(NC(=O)CCCCCOCCOCCOCCOCCOCCOCCOCCOCCOCCOC4CCCCO4)c3C2=O)C(=O)N1. The monoisotopic (exact) mass is 867 g/mol. The van der Waals surface area contributed by atoms with Crippen molar-refractivity contribution in [2.24, 2.45) is 0 Å². The summed E-state index contributed by atoms with van der Waals surface area (Å²) in [6.45, 7) is 10.00. The molecule has 61 heavy (non-hydrogen) atoms. The van der Waals surface area contributed by atoms with Crippen LogP contribution in [0.25, 0.3) is 0 Å². The summed E-state index contributed by atoms with van der Waals surface area (Å²) >= 11 is 0. The van der Waals surface area contributed by atoms with Gasteiger partial charge in [-0.25, -0.2) is 0 Å². The summed E-state index contributed by atoms with van der Waals surface area (Å²) in [6.07, 6.45) is 5.59. The molecule has 0 bridgehead atoms. The summed E-state index contributed by atoms with van der Waals surface area (Å²) in [5, 5.41) is 4.91. The average molecular weight is 868 g/mol. The Morgan fingerprint density at radius 2 is 1.15 bits per heavy atom. The number of piperidine rings is 1. The normalized spacial score (nSPS) is 17.9. The molecule has 1 aromatic carbocycles. The van der Waals surface area contributed by atoms with Gasteiger partial charge in [-0.1, -0.05) is 12.5 Å². The number of ether oxygens (including phenoxy) is 11. The molecule has 4 rings (SSSR count). The molecule has 3 aliphatic rings. The lowest BCUT2D eigenvalue weighted by molar-refractivity contribution is -0.169. The van der Waals surface area contributed by atoms with Gasteiger partial charge < -0.3 is 57.4 Å². The zero-order chi connectivity index (χ0) is 43.2. The van der Waals surface area contributed by atoms with Crippen LogP contribution >= 0.6 is 0 Å². The molecule has 344 valence electrons. The molecule has 0 aliphatic carbocycles. The molecule has 2 unspecified atom stereocenters. The van der Waals surface area contributed by atoms with Crippen molar-refractivity contribution in [2.75, 3.05) is 137 Å². The van der Waals surface area contributed by atoms with Crippen LogP contribution in [-0.2, 0) is 66.5 Å². The Morgan fingerprint density at radius 1 is 0.623 bits per heavy atom. The van der Waals surface area contributed by atoms with Crippen LogP contribution in [0.1, 0.15) is 78.5 Å². The van der Waals surface area contributed by atoms with Crippen LogP contribution in [0.15, 0.2) is 18.2 Å². The van der Waals surface area contributed by atoms with Crippen molar-refractivity contribution in [3.8, 4) is 0 Å². The zero-order valence-electron chi connectivity index (χ0n) is 35.4. The Labute approximate surface area is 357 Å². The van der Waals surface area contributed by atoms with Crippen LogP contribution in [0, 0.1) is 0 Å². The Kier molecular flexibility index (Phi) is 25.8. The van der Waals surface area contributed by atoms with Gasteiger partial charge in [0.1, 0.15) is 6.04 Å². The van der Waals surface area contributed by atoms with E-state index in [2.05, 4.69) is 10.6 Å². The molecule has 19 heteroatoms. The fourth-order valence-corrected chi connectivity index (χ4v) is 6.44. The second kappa shape index (κ2) is 31.4. The van der Waals surface area contributed by atoms with E-state index >= 15 is 0 Å². The quantitative estimate of drug-likeness (QED) is 0.0731. The lowest BCUT2D eigenvalue weighted by atomic mass is 10.0. The standard InChI is InChI=1S/C42H65N3O16/c46-36(43-34-8-6-7-33-39(34)42(50)45(41(33)49)35-11-12-37(47)44-40(35)48)9-2-1-4-13-51-15-16-52-17-18-53-19-20-54-21-22-55-23-24-56-25-26-57-27-28-58-29-30-59-31-32-61-38-10-3-5-14-60-38/h6-8,35,38H,1-5,9-32H2,(H,43,46)(H,44,47,48). The molecule has 0 spiro atoms. The number of imide groups is 2. The van der Waals surface area contributed by atoms with Crippen LogP contribution < -0.4 is 10.6 Å². The number of hydrogen-bond acceptors (Lipinski definition) is 16. The van der Waals surface area contributed by atoms with E-state index in [1.165, 1.54) is 6.07 Å². The highest BCUT2D eigenvalue weighted by molar-refractivity contribution is 6.26. The molecule has 5 amide bonds. The largest absolute Gasteiger partial charge is 0.379 e. The second-order valence-corrected chi connectivity index (χ2v) is 14.2. The number of nitrogens with one attached hydrogen (secondary N) is 2. The predicted molar refractivity (Wildman–Crippen MR) is 217 cm³/mol. The molecular formula is C42H65N3O16. The lowest BCUT2D eigenvalue weighted by Crippen LogP contribution is -2.54. The average Bonchev–Trinajstić information content (AvgIpc) is 3.51. The van der Waals surface area contributed by atoms with E-state index in [4.69, 9.17) is 52.1 Å². The maximum absolute atomic E-state index is 13.2. The molecule has 2 N–H and O–H groups in total. The van der Waals surface area contributed by atoms with Crippen LogP contribution in [0.3, 0.4) is 0 Å². The van der Waals surface area contributed by atoms with Gasteiger partial charge in [0.2, 0.25) is 17.7 Å². The molecule has 19 nitrogen and oxygen atoms in total. The number of amides is 5. The number of rotatable bonds is 36. The fourth-order valence-electron chi connectivity index (χ4n) is 6.44. The first-order chi connectivity index (χ1) is 30.0. The van der Waals surface area contributed by atoms with E-state index in [1.807, 2.05) is 0 Å². The van der Waals surface area contributed by atoms with Gasteiger partial charge in [0, 0.05) is 26.1 Å². The summed E-state index contributed by atoms with van der Waals surface area (Å²) in [5.74, 6) is -2.72. The lowest BCUT2D eigenvalue weighted by Gasteiger charge is -2.27. The van der Waals surface area contributed by atoms with E-state index in [0.717, 1.165) is 43.6 Å². The van der Waals surface area contributed by atoms with E-state index in [1.54, 1.807) is 12.1 Å². The third kappa shape index (κ3) is 20.1. The number of carbonyl (C=O) groups is 5. The first-order valence-electron chi connectivity index (χ1n) is 21.5. The predicted octanol–water partition coefficient (Wildman–Crippen LogP) is 2.28. The van der Waals surface area contributed by atoms with Gasteiger partial charge in [0.15, 0.2) is 6.29 Å². The molecule has 2 saturated heterocycles. The third-order valence-electron chi connectivity index (χ3n) is 9.58. The minimum atomic E-state index is -1.07. The number of carbonyl (C=O) groups excluding carboxylic acids is 5. The number of unbranched alkanes of at least 4 members (excludes halogenated alkanes) is 2. The topological polar surface area (TPSA) is 214 Å². The molecule has 3 heterocycles. The number of benzene rings is 1. The van der Waals surface area contributed by atoms with Crippen LogP contribution in [0.5, 0.6) is 0 Å². The molecule has 3 aliphatic heterocycles. The Hall–Kier alpha value is -3.47.